The van der Waals surface area contributed by atoms with Gasteiger partial charge in [-0.25, -0.2) is 0 Å². The van der Waals surface area contributed by atoms with Crippen molar-refractivity contribution in [3.8, 4) is 0 Å². The average Bonchev–Trinajstić information content (AvgIpc) is 2.23. The molecular formula is C14H21NO2. The van der Waals surface area contributed by atoms with E-state index in [0.717, 1.165) is 29.5 Å². The highest BCUT2D eigenvalue weighted by molar-refractivity contribution is 5.97. The van der Waals surface area contributed by atoms with Crippen molar-refractivity contribution in [1.29, 1.82) is 0 Å². The van der Waals surface area contributed by atoms with Gasteiger partial charge in [-0.3, -0.25) is 4.79 Å². The molecule has 0 bridgehead atoms. The third kappa shape index (κ3) is 3.86. The van der Waals surface area contributed by atoms with E-state index in [1.165, 1.54) is 5.56 Å². The second kappa shape index (κ2) is 6.40. The van der Waals surface area contributed by atoms with Gasteiger partial charge in [0.2, 0.25) is 0 Å². The lowest BCUT2D eigenvalue weighted by molar-refractivity contribution is 0.0951. The van der Waals surface area contributed by atoms with Gasteiger partial charge in [-0.05, 0) is 44.7 Å². The van der Waals surface area contributed by atoms with Gasteiger partial charge in [-0.1, -0.05) is 17.7 Å². The number of benzene rings is 1. The summed E-state index contributed by atoms with van der Waals surface area (Å²) in [6.07, 6.45) is 1.54. The Labute approximate surface area is 103 Å². The van der Waals surface area contributed by atoms with Gasteiger partial charge in [-0.2, -0.15) is 0 Å². The number of aliphatic hydroxyl groups excluding tert-OH is 1. The van der Waals surface area contributed by atoms with E-state index in [1.807, 2.05) is 32.9 Å². The summed E-state index contributed by atoms with van der Waals surface area (Å²) in [6.45, 7) is 6.75. The fourth-order valence-electron chi connectivity index (χ4n) is 2.07. The number of carbonyl (C=O) groups excluding carboxylic acids is 1. The quantitative estimate of drug-likeness (QED) is 0.768. The summed E-state index contributed by atoms with van der Waals surface area (Å²) >= 11 is 0. The van der Waals surface area contributed by atoms with Crippen molar-refractivity contribution in [3.05, 3.63) is 34.4 Å². The molecule has 94 valence electrons. The van der Waals surface area contributed by atoms with E-state index in [1.54, 1.807) is 0 Å². The minimum atomic E-state index is -0.0158. The molecule has 0 unspecified atom stereocenters. The minimum Gasteiger partial charge on any atom is -0.396 e. The molecule has 2 N–H and O–H groups in total. The first-order valence-electron chi connectivity index (χ1n) is 6.03. The third-order valence-electron chi connectivity index (χ3n) is 2.77. The third-order valence-corrected chi connectivity index (χ3v) is 2.77. The molecule has 0 fully saturated rings. The van der Waals surface area contributed by atoms with E-state index in [4.69, 9.17) is 5.11 Å². The van der Waals surface area contributed by atoms with Crippen LogP contribution in [0.15, 0.2) is 12.1 Å². The summed E-state index contributed by atoms with van der Waals surface area (Å²) in [4.78, 5) is 12.0. The van der Waals surface area contributed by atoms with Crippen LogP contribution in [0.1, 0.15) is 39.9 Å². The number of rotatable bonds is 5. The predicted octanol–water partition coefficient (Wildman–Crippen LogP) is 2.11. The Hall–Kier alpha value is -1.35. The van der Waals surface area contributed by atoms with Crippen molar-refractivity contribution in [2.24, 2.45) is 0 Å². The molecule has 0 aliphatic carbocycles. The molecule has 3 nitrogen and oxygen atoms in total. The van der Waals surface area contributed by atoms with Crippen LogP contribution in [0.5, 0.6) is 0 Å². The largest absolute Gasteiger partial charge is 0.396 e. The Morgan fingerprint density at radius 3 is 2.29 bits per heavy atom. The van der Waals surface area contributed by atoms with Crippen LogP contribution in [0.3, 0.4) is 0 Å². The van der Waals surface area contributed by atoms with Crippen molar-refractivity contribution < 1.29 is 9.90 Å². The molecule has 1 aromatic carbocycles. The monoisotopic (exact) mass is 235 g/mol. The number of aryl methyl sites for hydroxylation is 3. The second-order valence-electron chi connectivity index (χ2n) is 4.46. The van der Waals surface area contributed by atoms with Gasteiger partial charge in [0.25, 0.3) is 5.91 Å². The summed E-state index contributed by atoms with van der Waals surface area (Å²) in [5.74, 6) is -0.0158. The maximum absolute atomic E-state index is 12.0. The first kappa shape index (κ1) is 13.7. The fourth-order valence-corrected chi connectivity index (χ4v) is 2.07. The van der Waals surface area contributed by atoms with E-state index in [2.05, 4.69) is 5.32 Å². The molecular weight excluding hydrogens is 214 g/mol. The zero-order chi connectivity index (χ0) is 12.8. The van der Waals surface area contributed by atoms with Crippen LogP contribution in [0.25, 0.3) is 0 Å². The summed E-state index contributed by atoms with van der Waals surface area (Å²) in [6, 6.07) is 4.05. The highest BCUT2D eigenvalue weighted by atomic mass is 16.2. The Balaban J connectivity index is 2.69. The van der Waals surface area contributed by atoms with Crippen molar-refractivity contribution in [2.45, 2.75) is 33.6 Å². The predicted molar refractivity (Wildman–Crippen MR) is 69.3 cm³/mol. The number of hydrogen-bond acceptors (Lipinski definition) is 2. The molecule has 0 aliphatic heterocycles. The molecule has 0 radical (unpaired) electrons. The average molecular weight is 235 g/mol. The van der Waals surface area contributed by atoms with E-state index < -0.39 is 0 Å². The standard InChI is InChI=1S/C14H21NO2/c1-10-8-11(2)13(12(3)9-10)14(17)15-6-4-5-7-16/h8-9,16H,4-7H2,1-3H3,(H,15,17). The minimum absolute atomic E-state index is 0.0158. The Bertz CT molecular complexity index is 376. The highest BCUT2D eigenvalue weighted by Gasteiger charge is 2.11. The summed E-state index contributed by atoms with van der Waals surface area (Å²) in [5, 5.41) is 11.5. The number of amides is 1. The van der Waals surface area contributed by atoms with Crippen molar-refractivity contribution in [3.63, 3.8) is 0 Å². The van der Waals surface area contributed by atoms with Crippen LogP contribution in [0, 0.1) is 20.8 Å². The number of hydrogen-bond donors (Lipinski definition) is 2. The lowest BCUT2D eigenvalue weighted by atomic mass is 9.99. The SMILES string of the molecule is Cc1cc(C)c(C(=O)NCCCCO)c(C)c1. The van der Waals surface area contributed by atoms with Crippen LogP contribution in [0.2, 0.25) is 0 Å². The van der Waals surface area contributed by atoms with E-state index in [9.17, 15) is 4.79 Å². The topological polar surface area (TPSA) is 49.3 Å². The van der Waals surface area contributed by atoms with Gasteiger partial charge in [0.1, 0.15) is 0 Å². The number of carbonyl (C=O) groups is 1. The number of nitrogens with one attached hydrogen (secondary N) is 1. The molecule has 0 heterocycles. The number of aliphatic hydroxyl groups is 1. The Kier molecular flexibility index (Phi) is 5.16. The van der Waals surface area contributed by atoms with Crippen LogP contribution in [-0.4, -0.2) is 24.2 Å². The van der Waals surface area contributed by atoms with Crippen molar-refractivity contribution in [2.75, 3.05) is 13.2 Å². The molecule has 0 spiro atoms. The molecule has 0 atom stereocenters. The first-order chi connectivity index (χ1) is 8.06. The van der Waals surface area contributed by atoms with Crippen LogP contribution in [0.4, 0.5) is 0 Å². The highest BCUT2D eigenvalue weighted by Crippen LogP contribution is 2.16. The molecule has 0 saturated carbocycles. The van der Waals surface area contributed by atoms with E-state index >= 15 is 0 Å². The van der Waals surface area contributed by atoms with Gasteiger partial charge in [-0.15, -0.1) is 0 Å². The van der Waals surface area contributed by atoms with E-state index in [-0.39, 0.29) is 12.5 Å². The summed E-state index contributed by atoms with van der Waals surface area (Å²) in [7, 11) is 0. The van der Waals surface area contributed by atoms with Gasteiger partial charge < -0.3 is 10.4 Å². The van der Waals surface area contributed by atoms with Crippen molar-refractivity contribution >= 4 is 5.91 Å². The van der Waals surface area contributed by atoms with Crippen LogP contribution in [-0.2, 0) is 0 Å². The molecule has 0 aromatic heterocycles. The Morgan fingerprint density at radius 1 is 1.18 bits per heavy atom. The first-order valence-corrected chi connectivity index (χ1v) is 6.03. The fraction of sp³-hybridized carbons (Fsp3) is 0.500. The molecule has 3 heteroatoms. The number of unbranched alkanes of at least 4 members (excludes halogenated alkanes) is 1. The van der Waals surface area contributed by atoms with Crippen molar-refractivity contribution in [1.82, 2.24) is 5.32 Å². The van der Waals surface area contributed by atoms with Gasteiger partial charge in [0, 0.05) is 18.7 Å². The lowest BCUT2D eigenvalue weighted by Crippen LogP contribution is -2.26. The Morgan fingerprint density at radius 2 is 1.76 bits per heavy atom. The normalized spacial score (nSPS) is 10.4. The van der Waals surface area contributed by atoms with Gasteiger partial charge >= 0.3 is 0 Å². The smallest absolute Gasteiger partial charge is 0.251 e. The second-order valence-corrected chi connectivity index (χ2v) is 4.46. The molecule has 1 amide bonds. The maximum atomic E-state index is 12.0. The molecule has 0 saturated heterocycles. The summed E-state index contributed by atoms with van der Waals surface area (Å²) < 4.78 is 0. The molecule has 1 aromatic rings. The summed E-state index contributed by atoms with van der Waals surface area (Å²) in [5.41, 5.74) is 3.99. The van der Waals surface area contributed by atoms with E-state index in [0.29, 0.717) is 6.54 Å². The molecule has 1 rings (SSSR count). The van der Waals surface area contributed by atoms with Gasteiger partial charge in [0.15, 0.2) is 0 Å². The van der Waals surface area contributed by atoms with Gasteiger partial charge in [0.05, 0.1) is 0 Å². The maximum Gasteiger partial charge on any atom is 0.251 e. The molecule has 0 aliphatic rings. The molecule has 17 heavy (non-hydrogen) atoms. The zero-order valence-electron chi connectivity index (χ0n) is 10.8. The van der Waals surface area contributed by atoms with Crippen LogP contribution >= 0.6 is 0 Å². The van der Waals surface area contributed by atoms with Crippen LogP contribution < -0.4 is 5.32 Å². The zero-order valence-corrected chi connectivity index (χ0v) is 10.8. The lowest BCUT2D eigenvalue weighted by Gasteiger charge is -2.11.